The Bertz CT molecular complexity index is 649. The van der Waals surface area contributed by atoms with Crippen molar-refractivity contribution in [2.45, 2.75) is 52.1 Å². The Balaban J connectivity index is 1.83. The van der Waals surface area contributed by atoms with Gasteiger partial charge in [-0.05, 0) is 40.5 Å². The summed E-state index contributed by atoms with van der Waals surface area (Å²) in [6, 6.07) is 2.19. The summed E-state index contributed by atoms with van der Waals surface area (Å²) in [5.74, 6) is 1.69. The number of hydrogen-bond donors (Lipinski definition) is 2. The van der Waals surface area contributed by atoms with Gasteiger partial charge < -0.3 is 10.6 Å². The summed E-state index contributed by atoms with van der Waals surface area (Å²) in [6.45, 7) is 8.49. The van der Waals surface area contributed by atoms with Gasteiger partial charge in [0.25, 0.3) is 0 Å². The van der Waals surface area contributed by atoms with Crippen LogP contribution in [0.25, 0.3) is 0 Å². The van der Waals surface area contributed by atoms with Crippen molar-refractivity contribution in [2.24, 2.45) is 0 Å². The number of nitrogens with zero attached hydrogens (tertiary/aromatic N) is 3. The van der Waals surface area contributed by atoms with Gasteiger partial charge in [0.1, 0.15) is 11.6 Å². The number of anilines is 2. The second-order valence-electron chi connectivity index (χ2n) is 6.27. The van der Waals surface area contributed by atoms with E-state index in [1.54, 1.807) is 11.3 Å². The summed E-state index contributed by atoms with van der Waals surface area (Å²) in [5.41, 5.74) is 1.14. The van der Waals surface area contributed by atoms with Crippen molar-refractivity contribution in [3.05, 3.63) is 28.7 Å². The first kappa shape index (κ1) is 14.4. The van der Waals surface area contributed by atoms with Gasteiger partial charge in [0, 0.05) is 28.4 Å². The van der Waals surface area contributed by atoms with E-state index >= 15 is 0 Å². The standard InChI is InChI=1S/C15H21N5S/c1-9-7-12(19-14-16-8-10(2)21-14)18-13(17-9)11-5-6-15(3,4)20-11/h7-8,11,20H,5-6H2,1-4H3,(H,16,17,18,19). The van der Waals surface area contributed by atoms with E-state index in [-0.39, 0.29) is 11.6 Å². The summed E-state index contributed by atoms with van der Waals surface area (Å²) in [4.78, 5) is 14.8. The second kappa shape index (κ2) is 5.35. The smallest absolute Gasteiger partial charge is 0.188 e. The number of thiazole rings is 1. The highest BCUT2D eigenvalue weighted by molar-refractivity contribution is 7.15. The molecule has 6 heteroatoms. The van der Waals surface area contributed by atoms with Crippen LogP contribution in [0.5, 0.6) is 0 Å². The molecule has 112 valence electrons. The number of rotatable bonds is 3. The lowest BCUT2D eigenvalue weighted by atomic mass is 10.0. The molecule has 1 saturated heterocycles. The molecule has 1 aliphatic heterocycles. The van der Waals surface area contributed by atoms with Crippen LogP contribution in [0.15, 0.2) is 12.3 Å². The topological polar surface area (TPSA) is 62.7 Å². The summed E-state index contributed by atoms with van der Waals surface area (Å²) in [7, 11) is 0. The first-order chi connectivity index (χ1) is 9.91. The third-order valence-electron chi connectivity index (χ3n) is 3.66. The van der Waals surface area contributed by atoms with Crippen LogP contribution < -0.4 is 10.6 Å². The third kappa shape index (κ3) is 3.39. The van der Waals surface area contributed by atoms with Crippen molar-refractivity contribution >= 4 is 22.3 Å². The molecule has 3 rings (SSSR count). The van der Waals surface area contributed by atoms with Crippen molar-refractivity contribution in [3.63, 3.8) is 0 Å². The predicted molar refractivity (Wildman–Crippen MR) is 86.1 cm³/mol. The fourth-order valence-corrected chi connectivity index (χ4v) is 3.32. The summed E-state index contributed by atoms with van der Waals surface area (Å²) < 4.78 is 0. The number of nitrogens with one attached hydrogen (secondary N) is 2. The number of aromatic nitrogens is 3. The quantitative estimate of drug-likeness (QED) is 0.908. The van der Waals surface area contributed by atoms with Crippen LogP contribution in [0.4, 0.5) is 10.9 Å². The molecule has 0 radical (unpaired) electrons. The molecular weight excluding hydrogens is 282 g/mol. The number of aryl methyl sites for hydroxylation is 2. The van der Waals surface area contributed by atoms with E-state index in [1.165, 1.54) is 4.88 Å². The molecule has 2 N–H and O–H groups in total. The zero-order valence-electron chi connectivity index (χ0n) is 12.9. The van der Waals surface area contributed by atoms with Crippen LogP contribution in [0, 0.1) is 13.8 Å². The molecule has 0 aliphatic carbocycles. The van der Waals surface area contributed by atoms with Crippen LogP contribution in [0.2, 0.25) is 0 Å². The molecule has 21 heavy (non-hydrogen) atoms. The monoisotopic (exact) mass is 303 g/mol. The summed E-state index contributed by atoms with van der Waals surface area (Å²) in [5, 5.41) is 7.75. The summed E-state index contributed by atoms with van der Waals surface area (Å²) >= 11 is 1.63. The van der Waals surface area contributed by atoms with Gasteiger partial charge in [-0.1, -0.05) is 0 Å². The Morgan fingerprint density at radius 3 is 2.76 bits per heavy atom. The predicted octanol–water partition coefficient (Wildman–Crippen LogP) is 3.50. The van der Waals surface area contributed by atoms with Crippen LogP contribution in [0.1, 0.15) is 49.1 Å². The Labute approximate surface area is 129 Å². The zero-order chi connectivity index (χ0) is 15.0. The van der Waals surface area contributed by atoms with E-state index < -0.39 is 0 Å². The molecule has 0 saturated carbocycles. The van der Waals surface area contributed by atoms with Gasteiger partial charge in [0.2, 0.25) is 0 Å². The Hall–Kier alpha value is -1.53. The minimum Gasteiger partial charge on any atom is -0.316 e. The van der Waals surface area contributed by atoms with Gasteiger partial charge in [0.15, 0.2) is 5.13 Å². The van der Waals surface area contributed by atoms with Crippen molar-refractivity contribution in [1.29, 1.82) is 0 Å². The zero-order valence-corrected chi connectivity index (χ0v) is 13.7. The molecule has 0 aromatic carbocycles. The molecule has 1 fully saturated rings. The SMILES string of the molecule is Cc1cc(Nc2ncc(C)s2)nc(C2CCC(C)(C)N2)n1. The van der Waals surface area contributed by atoms with Gasteiger partial charge in [-0.25, -0.2) is 15.0 Å². The second-order valence-corrected chi connectivity index (χ2v) is 7.51. The van der Waals surface area contributed by atoms with Crippen molar-refractivity contribution in [2.75, 3.05) is 5.32 Å². The third-order valence-corrected chi connectivity index (χ3v) is 4.49. The fourth-order valence-electron chi connectivity index (χ4n) is 2.65. The average molecular weight is 303 g/mol. The highest BCUT2D eigenvalue weighted by Gasteiger charge is 2.32. The minimum absolute atomic E-state index is 0.164. The first-order valence-corrected chi connectivity index (χ1v) is 8.06. The van der Waals surface area contributed by atoms with Crippen LogP contribution in [0.3, 0.4) is 0 Å². The average Bonchev–Trinajstić information content (AvgIpc) is 2.94. The van der Waals surface area contributed by atoms with Crippen LogP contribution >= 0.6 is 11.3 Å². The van der Waals surface area contributed by atoms with E-state index in [9.17, 15) is 0 Å². The number of hydrogen-bond acceptors (Lipinski definition) is 6. The Kier molecular flexibility index (Phi) is 3.67. The van der Waals surface area contributed by atoms with E-state index in [0.717, 1.165) is 35.3 Å². The molecular formula is C15H21N5S. The normalized spacial score (nSPS) is 20.7. The van der Waals surface area contributed by atoms with Gasteiger partial charge in [-0.15, -0.1) is 11.3 Å². The van der Waals surface area contributed by atoms with Crippen molar-refractivity contribution < 1.29 is 0 Å². The Morgan fingerprint density at radius 2 is 2.14 bits per heavy atom. The maximum Gasteiger partial charge on any atom is 0.188 e. The van der Waals surface area contributed by atoms with Crippen LogP contribution in [-0.4, -0.2) is 20.5 Å². The maximum absolute atomic E-state index is 4.67. The molecule has 0 amide bonds. The lowest BCUT2D eigenvalue weighted by molar-refractivity contribution is 0.426. The van der Waals surface area contributed by atoms with Gasteiger partial charge >= 0.3 is 0 Å². The van der Waals surface area contributed by atoms with Crippen LogP contribution in [-0.2, 0) is 0 Å². The summed E-state index contributed by atoms with van der Waals surface area (Å²) in [6.07, 6.45) is 4.08. The minimum atomic E-state index is 0.164. The fraction of sp³-hybridized carbons (Fsp3) is 0.533. The highest BCUT2D eigenvalue weighted by Crippen LogP contribution is 2.31. The van der Waals surface area contributed by atoms with E-state index in [4.69, 9.17) is 0 Å². The first-order valence-electron chi connectivity index (χ1n) is 7.24. The maximum atomic E-state index is 4.67. The molecule has 2 aromatic heterocycles. The van der Waals surface area contributed by atoms with Gasteiger partial charge in [-0.2, -0.15) is 0 Å². The van der Waals surface area contributed by atoms with Crippen molar-refractivity contribution in [3.8, 4) is 0 Å². The molecule has 1 atom stereocenters. The van der Waals surface area contributed by atoms with Crippen molar-refractivity contribution in [1.82, 2.24) is 20.3 Å². The Morgan fingerprint density at radius 1 is 1.33 bits per heavy atom. The van der Waals surface area contributed by atoms with E-state index in [1.807, 2.05) is 26.1 Å². The highest BCUT2D eigenvalue weighted by atomic mass is 32.1. The van der Waals surface area contributed by atoms with Gasteiger partial charge in [0.05, 0.1) is 6.04 Å². The van der Waals surface area contributed by atoms with Gasteiger partial charge in [-0.3, -0.25) is 0 Å². The molecule has 5 nitrogen and oxygen atoms in total. The molecule has 0 spiro atoms. The van der Waals surface area contributed by atoms with E-state index in [2.05, 4.69) is 39.4 Å². The lowest BCUT2D eigenvalue weighted by Gasteiger charge is -2.19. The largest absolute Gasteiger partial charge is 0.316 e. The molecule has 0 bridgehead atoms. The molecule has 1 aliphatic rings. The van der Waals surface area contributed by atoms with E-state index in [0.29, 0.717) is 0 Å². The molecule has 2 aromatic rings. The lowest BCUT2D eigenvalue weighted by Crippen LogP contribution is -2.34. The molecule has 3 heterocycles. The molecule has 1 unspecified atom stereocenters.